The fourth-order valence-corrected chi connectivity index (χ4v) is 1.63. The molecule has 0 fully saturated rings. The molecule has 0 saturated carbocycles. The van der Waals surface area contributed by atoms with Crippen molar-refractivity contribution in [1.29, 1.82) is 0 Å². The molecule has 112 valence electrons. The van der Waals surface area contributed by atoms with Gasteiger partial charge in [0.05, 0.1) is 40.6 Å². The Morgan fingerprint density at radius 1 is 1.10 bits per heavy atom. The molecule has 0 heterocycles. The summed E-state index contributed by atoms with van der Waals surface area (Å²) in [6.07, 6.45) is 0. The van der Waals surface area contributed by atoms with Crippen LogP contribution in [-0.4, -0.2) is 56.7 Å². The first-order chi connectivity index (χ1) is 9.60. The summed E-state index contributed by atoms with van der Waals surface area (Å²) >= 11 is 0. The Bertz CT molecular complexity index is 433. The van der Waals surface area contributed by atoms with Gasteiger partial charge in [-0.15, -0.1) is 0 Å². The largest absolute Gasteiger partial charge is 0.493 e. The molecule has 0 saturated heterocycles. The second-order valence-corrected chi connectivity index (χ2v) is 3.95. The highest BCUT2D eigenvalue weighted by molar-refractivity contribution is 5.95. The van der Waals surface area contributed by atoms with Gasteiger partial charge in [-0.1, -0.05) is 0 Å². The standard InChI is InChI=1S/C13H19NO6/c1-18-10-4-8(5-11(19-2)12(10)20-3)13(17)14-9(6-15)7-16/h4-5,9,15-16H,6-7H2,1-3H3,(H,14,17). The van der Waals surface area contributed by atoms with E-state index >= 15 is 0 Å². The minimum atomic E-state index is -0.721. The molecule has 0 radical (unpaired) electrons. The van der Waals surface area contributed by atoms with Crippen molar-refractivity contribution in [3.05, 3.63) is 17.7 Å². The predicted octanol–water partition coefficient (Wildman–Crippen LogP) is -0.205. The molecule has 0 aliphatic rings. The van der Waals surface area contributed by atoms with Crippen LogP contribution in [-0.2, 0) is 0 Å². The van der Waals surface area contributed by atoms with Crippen molar-refractivity contribution in [3.8, 4) is 17.2 Å². The number of hydrogen-bond acceptors (Lipinski definition) is 6. The van der Waals surface area contributed by atoms with Gasteiger partial charge in [0.2, 0.25) is 5.75 Å². The quantitative estimate of drug-likeness (QED) is 0.641. The third-order valence-electron chi connectivity index (χ3n) is 2.70. The van der Waals surface area contributed by atoms with Crippen molar-refractivity contribution >= 4 is 5.91 Å². The number of rotatable bonds is 7. The van der Waals surface area contributed by atoms with Crippen molar-refractivity contribution in [2.75, 3.05) is 34.5 Å². The van der Waals surface area contributed by atoms with Crippen molar-refractivity contribution in [3.63, 3.8) is 0 Å². The lowest BCUT2D eigenvalue weighted by molar-refractivity contribution is 0.0878. The zero-order chi connectivity index (χ0) is 15.1. The van der Waals surface area contributed by atoms with Crippen LogP contribution in [0.1, 0.15) is 10.4 Å². The van der Waals surface area contributed by atoms with Gasteiger partial charge in [-0.2, -0.15) is 0 Å². The maximum absolute atomic E-state index is 12.0. The van der Waals surface area contributed by atoms with Gasteiger partial charge in [0, 0.05) is 5.56 Å². The zero-order valence-electron chi connectivity index (χ0n) is 11.7. The third kappa shape index (κ3) is 3.52. The van der Waals surface area contributed by atoms with Gasteiger partial charge in [-0.3, -0.25) is 4.79 Å². The molecular formula is C13H19NO6. The molecule has 3 N–H and O–H groups in total. The van der Waals surface area contributed by atoms with E-state index in [1.807, 2.05) is 0 Å². The molecule has 1 amide bonds. The topological polar surface area (TPSA) is 97.3 Å². The van der Waals surface area contributed by atoms with E-state index in [0.29, 0.717) is 17.2 Å². The van der Waals surface area contributed by atoms with E-state index in [1.165, 1.54) is 33.5 Å². The maximum atomic E-state index is 12.0. The average molecular weight is 285 g/mol. The normalized spacial score (nSPS) is 10.3. The molecule has 1 rings (SSSR count). The van der Waals surface area contributed by atoms with Crippen LogP contribution in [0.15, 0.2) is 12.1 Å². The predicted molar refractivity (Wildman–Crippen MR) is 71.5 cm³/mol. The van der Waals surface area contributed by atoms with Crippen molar-refractivity contribution in [2.45, 2.75) is 6.04 Å². The van der Waals surface area contributed by atoms with Crippen molar-refractivity contribution in [2.24, 2.45) is 0 Å². The number of amides is 1. The Morgan fingerprint density at radius 3 is 1.95 bits per heavy atom. The molecule has 20 heavy (non-hydrogen) atoms. The maximum Gasteiger partial charge on any atom is 0.251 e. The van der Waals surface area contributed by atoms with E-state index < -0.39 is 11.9 Å². The summed E-state index contributed by atoms with van der Waals surface area (Å²) in [6, 6.07) is 2.26. The fourth-order valence-electron chi connectivity index (χ4n) is 1.63. The molecular weight excluding hydrogens is 266 g/mol. The molecule has 0 aromatic heterocycles. The number of carbonyl (C=O) groups excluding carboxylic acids is 1. The minimum Gasteiger partial charge on any atom is -0.493 e. The molecule has 0 spiro atoms. The zero-order valence-corrected chi connectivity index (χ0v) is 11.7. The van der Waals surface area contributed by atoms with E-state index in [-0.39, 0.29) is 18.8 Å². The van der Waals surface area contributed by atoms with Crippen LogP contribution in [0.4, 0.5) is 0 Å². The van der Waals surface area contributed by atoms with E-state index in [4.69, 9.17) is 24.4 Å². The molecule has 1 aromatic carbocycles. The van der Waals surface area contributed by atoms with E-state index in [2.05, 4.69) is 5.32 Å². The van der Waals surface area contributed by atoms with E-state index in [0.717, 1.165) is 0 Å². The first-order valence-electron chi connectivity index (χ1n) is 5.93. The van der Waals surface area contributed by atoms with Crippen LogP contribution in [0.25, 0.3) is 0 Å². The second-order valence-electron chi connectivity index (χ2n) is 3.95. The SMILES string of the molecule is COc1cc(C(=O)NC(CO)CO)cc(OC)c1OC. The number of aliphatic hydroxyl groups is 2. The minimum absolute atomic E-state index is 0.270. The highest BCUT2D eigenvalue weighted by atomic mass is 16.5. The van der Waals surface area contributed by atoms with Gasteiger partial charge in [0.25, 0.3) is 5.91 Å². The molecule has 0 unspecified atom stereocenters. The molecule has 7 heteroatoms. The molecule has 1 aromatic rings. The summed E-state index contributed by atoms with van der Waals surface area (Å²) in [5.74, 6) is 0.618. The Kier molecular flexibility index (Phi) is 6.08. The van der Waals surface area contributed by atoms with Crippen LogP contribution >= 0.6 is 0 Å². The van der Waals surface area contributed by atoms with Gasteiger partial charge in [0.1, 0.15) is 0 Å². The number of methoxy groups -OCH3 is 3. The summed E-state index contributed by atoms with van der Waals surface area (Å²) in [4.78, 5) is 12.0. The molecule has 0 aliphatic heterocycles. The lowest BCUT2D eigenvalue weighted by Crippen LogP contribution is -2.40. The van der Waals surface area contributed by atoms with Crippen LogP contribution in [0, 0.1) is 0 Å². The lowest BCUT2D eigenvalue weighted by atomic mass is 10.1. The summed E-state index contributed by atoms with van der Waals surface area (Å²) in [5, 5.41) is 20.4. The number of benzene rings is 1. The molecule has 0 aliphatic carbocycles. The Labute approximate surface area is 117 Å². The van der Waals surface area contributed by atoms with Crippen molar-refractivity contribution in [1.82, 2.24) is 5.32 Å². The number of hydrogen-bond donors (Lipinski definition) is 3. The summed E-state index contributed by atoms with van der Waals surface area (Å²) in [6.45, 7) is -0.709. The number of nitrogens with one attached hydrogen (secondary N) is 1. The van der Waals surface area contributed by atoms with E-state index in [1.54, 1.807) is 0 Å². The first-order valence-corrected chi connectivity index (χ1v) is 5.93. The van der Waals surface area contributed by atoms with Crippen LogP contribution in [0.5, 0.6) is 17.2 Å². The smallest absolute Gasteiger partial charge is 0.251 e. The number of aliphatic hydroxyl groups excluding tert-OH is 2. The highest BCUT2D eigenvalue weighted by Gasteiger charge is 2.18. The lowest BCUT2D eigenvalue weighted by Gasteiger charge is -2.16. The summed E-state index contributed by atoms with van der Waals surface area (Å²) in [7, 11) is 4.36. The average Bonchev–Trinajstić information content (AvgIpc) is 2.50. The summed E-state index contributed by atoms with van der Waals surface area (Å²) in [5.41, 5.74) is 0.270. The van der Waals surface area contributed by atoms with Gasteiger partial charge in [-0.25, -0.2) is 0 Å². The fraction of sp³-hybridized carbons (Fsp3) is 0.462. The van der Waals surface area contributed by atoms with E-state index in [9.17, 15) is 4.79 Å². The molecule has 0 atom stereocenters. The first kappa shape index (κ1) is 16.1. The van der Waals surface area contributed by atoms with Crippen LogP contribution in [0.2, 0.25) is 0 Å². The highest BCUT2D eigenvalue weighted by Crippen LogP contribution is 2.38. The third-order valence-corrected chi connectivity index (χ3v) is 2.70. The Balaban J connectivity index is 3.09. The number of carbonyl (C=O) groups is 1. The monoisotopic (exact) mass is 285 g/mol. The van der Waals surface area contributed by atoms with Crippen molar-refractivity contribution < 1.29 is 29.2 Å². The van der Waals surface area contributed by atoms with Gasteiger partial charge in [-0.05, 0) is 12.1 Å². The van der Waals surface area contributed by atoms with Crippen LogP contribution in [0.3, 0.4) is 0 Å². The molecule has 0 bridgehead atoms. The number of ether oxygens (including phenoxy) is 3. The molecule has 7 nitrogen and oxygen atoms in total. The van der Waals surface area contributed by atoms with Gasteiger partial charge in [0.15, 0.2) is 11.5 Å². The van der Waals surface area contributed by atoms with Crippen LogP contribution < -0.4 is 19.5 Å². The summed E-state index contributed by atoms with van der Waals surface area (Å²) < 4.78 is 15.4. The van der Waals surface area contributed by atoms with Gasteiger partial charge < -0.3 is 29.7 Å². The Morgan fingerprint density at radius 2 is 1.60 bits per heavy atom. The Hall–Kier alpha value is -1.99. The second kappa shape index (κ2) is 7.56. The van der Waals surface area contributed by atoms with Gasteiger partial charge >= 0.3 is 0 Å².